The third kappa shape index (κ3) is 5.75. The fourth-order valence-electron chi connectivity index (χ4n) is 4.94. The highest BCUT2D eigenvalue weighted by Gasteiger charge is 2.24. The Labute approximate surface area is 258 Å². The molecule has 0 saturated heterocycles. The number of pyridine rings is 1. The Hall–Kier alpha value is -4.56. The van der Waals surface area contributed by atoms with Gasteiger partial charge in [-0.1, -0.05) is 30.3 Å². The Kier molecular flexibility index (Phi) is 8.33. The van der Waals surface area contributed by atoms with Crippen LogP contribution in [0.3, 0.4) is 0 Å². The van der Waals surface area contributed by atoms with Crippen molar-refractivity contribution in [1.29, 1.82) is 0 Å². The number of carbonyl (C=O) groups excluding carboxylic acids is 1. The number of fused-ring (bicyclic) bond motifs is 1. The van der Waals surface area contributed by atoms with Gasteiger partial charge in [0.2, 0.25) is 5.91 Å². The number of hydrogen-bond acceptors (Lipinski definition) is 6. The molecule has 0 aliphatic carbocycles. The second kappa shape index (κ2) is 12.0. The van der Waals surface area contributed by atoms with Crippen molar-refractivity contribution in [1.82, 2.24) is 13.7 Å². The lowest BCUT2D eigenvalue weighted by Crippen LogP contribution is -2.41. The molecule has 1 amide bonds. The van der Waals surface area contributed by atoms with Gasteiger partial charge in [0.1, 0.15) is 17.0 Å². The van der Waals surface area contributed by atoms with E-state index in [1.807, 2.05) is 22.6 Å². The summed E-state index contributed by atoms with van der Waals surface area (Å²) in [5.41, 5.74) is 0.312. The van der Waals surface area contributed by atoms with E-state index in [9.17, 15) is 28.7 Å². The Balaban J connectivity index is 1.89. The number of aliphatic hydroxyl groups excluding tert-OH is 1. The Bertz CT molecular complexity index is 2080. The SMILES string of the molecule is CC(=O)Nc1cccc(-n2c(=O)n(Cc3ccc(CO)cc3)c(=O)c3c(Nc4ccc(I)cc4F)n(C)c(=O)c(C)c32)c1. The Morgan fingerprint density at radius 2 is 1.67 bits per heavy atom. The molecule has 2 heterocycles. The number of nitrogens with one attached hydrogen (secondary N) is 2. The van der Waals surface area contributed by atoms with Crippen LogP contribution in [0.4, 0.5) is 21.6 Å². The van der Waals surface area contributed by atoms with Crippen molar-refractivity contribution in [2.75, 3.05) is 10.6 Å². The third-order valence-corrected chi connectivity index (χ3v) is 7.72. The monoisotopic (exact) mass is 695 g/mol. The van der Waals surface area contributed by atoms with Crippen LogP contribution >= 0.6 is 22.6 Å². The highest BCUT2D eigenvalue weighted by atomic mass is 127. The predicted octanol–water partition coefficient (Wildman–Crippen LogP) is 4.15. The van der Waals surface area contributed by atoms with Crippen molar-refractivity contribution in [2.45, 2.75) is 27.0 Å². The highest BCUT2D eigenvalue weighted by Crippen LogP contribution is 2.28. The summed E-state index contributed by atoms with van der Waals surface area (Å²) in [6, 6.07) is 17.8. The number of aliphatic hydroxyl groups is 1. The van der Waals surface area contributed by atoms with Gasteiger partial charge in [-0.25, -0.2) is 9.18 Å². The van der Waals surface area contributed by atoms with Gasteiger partial charge in [0.05, 0.1) is 30.0 Å². The van der Waals surface area contributed by atoms with Gasteiger partial charge >= 0.3 is 5.69 Å². The minimum absolute atomic E-state index is 0.00550. The zero-order valence-electron chi connectivity index (χ0n) is 23.4. The zero-order valence-corrected chi connectivity index (χ0v) is 25.6. The minimum atomic E-state index is -0.716. The molecule has 5 rings (SSSR count). The lowest BCUT2D eigenvalue weighted by Gasteiger charge is -2.21. The molecule has 0 unspecified atom stereocenters. The molecule has 0 bridgehead atoms. The summed E-state index contributed by atoms with van der Waals surface area (Å²) < 4.78 is 19.2. The smallest absolute Gasteiger partial charge is 0.336 e. The summed E-state index contributed by atoms with van der Waals surface area (Å²) in [6.07, 6.45) is 0. The molecule has 0 aliphatic rings. The molecule has 0 aliphatic heterocycles. The van der Waals surface area contributed by atoms with Crippen LogP contribution < -0.4 is 27.4 Å². The van der Waals surface area contributed by atoms with E-state index in [1.54, 1.807) is 54.6 Å². The minimum Gasteiger partial charge on any atom is -0.392 e. The van der Waals surface area contributed by atoms with E-state index in [1.165, 1.54) is 42.2 Å². The molecule has 0 spiro atoms. The quantitative estimate of drug-likeness (QED) is 0.220. The van der Waals surface area contributed by atoms with Gasteiger partial charge in [-0.15, -0.1) is 0 Å². The topological polar surface area (TPSA) is 127 Å². The number of anilines is 3. The van der Waals surface area contributed by atoms with Gasteiger partial charge in [0, 0.05) is 28.8 Å². The first kappa shape index (κ1) is 29.9. The average Bonchev–Trinajstić information content (AvgIpc) is 2.97. The van der Waals surface area contributed by atoms with Crippen molar-refractivity contribution >= 4 is 56.6 Å². The molecule has 5 aromatic rings. The zero-order chi connectivity index (χ0) is 31.0. The third-order valence-electron chi connectivity index (χ3n) is 7.05. The number of rotatable bonds is 7. The fraction of sp³-hybridized carbons (Fsp3) is 0.161. The summed E-state index contributed by atoms with van der Waals surface area (Å²) in [7, 11) is 1.46. The molecule has 3 aromatic carbocycles. The standard InChI is InChI=1S/C31H27FIN5O5/c1-17-27-26(28(36(3)29(17)41)35-25-12-11-21(33)13-24(25)32)30(42)37(15-19-7-9-20(16-39)10-8-19)31(43)38(27)23-6-4-5-22(14-23)34-18(2)40/h4-14,35,39H,15-16H2,1-3H3,(H,34,40). The summed E-state index contributed by atoms with van der Waals surface area (Å²) in [4.78, 5) is 53.7. The molecule has 43 heavy (non-hydrogen) atoms. The largest absolute Gasteiger partial charge is 0.392 e. The van der Waals surface area contributed by atoms with Crippen molar-refractivity contribution in [3.63, 3.8) is 0 Å². The number of benzene rings is 3. The summed E-state index contributed by atoms with van der Waals surface area (Å²) in [6.45, 7) is 2.59. The molecule has 12 heteroatoms. The number of aromatic nitrogens is 3. The van der Waals surface area contributed by atoms with Gasteiger partial charge in [0.25, 0.3) is 11.1 Å². The van der Waals surface area contributed by atoms with Crippen molar-refractivity contribution in [3.05, 3.63) is 124 Å². The molecular formula is C31H27FIN5O5. The van der Waals surface area contributed by atoms with Crippen molar-refractivity contribution in [2.24, 2.45) is 7.05 Å². The second-order valence-corrected chi connectivity index (χ2v) is 11.3. The van der Waals surface area contributed by atoms with E-state index >= 15 is 0 Å². The van der Waals surface area contributed by atoms with Crippen LogP contribution in [-0.4, -0.2) is 24.7 Å². The number of amides is 1. The van der Waals surface area contributed by atoms with Gasteiger partial charge in [-0.05, 0) is 77.0 Å². The summed E-state index contributed by atoms with van der Waals surface area (Å²) in [5.74, 6) is -0.901. The van der Waals surface area contributed by atoms with E-state index in [2.05, 4.69) is 10.6 Å². The van der Waals surface area contributed by atoms with Gasteiger partial charge < -0.3 is 15.7 Å². The molecule has 0 fully saturated rings. The van der Waals surface area contributed by atoms with Gasteiger partial charge in [0.15, 0.2) is 0 Å². The van der Waals surface area contributed by atoms with Crippen LogP contribution in [0.2, 0.25) is 0 Å². The molecule has 2 aromatic heterocycles. The van der Waals surface area contributed by atoms with Crippen LogP contribution in [-0.2, 0) is 25.0 Å². The van der Waals surface area contributed by atoms with E-state index in [4.69, 9.17) is 0 Å². The van der Waals surface area contributed by atoms with Crippen LogP contribution in [0.15, 0.2) is 81.1 Å². The summed E-state index contributed by atoms with van der Waals surface area (Å²) >= 11 is 1.98. The lowest BCUT2D eigenvalue weighted by molar-refractivity contribution is -0.114. The highest BCUT2D eigenvalue weighted by molar-refractivity contribution is 14.1. The first-order chi connectivity index (χ1) is 20.5. The van der Waals surface area contributed by atoms with E-state index in [0.29, 0.717) is 26.1 Å². The molecule has 0 atom stereocenters. The molecule has 10 nitrogen and oxygen atoms in total. The molecule has 0 saturated carbocycles. The normalized spacial score (nSPS) is 11.1. The Morgan fingerprint density at radius 1 is 0.977 bits per heavy atom. The summed E-state index contributed by atoms with van der Waals surface area (Å²) in [5, 5.41) is 15.0. The molecule has 0 radical (unpaired) electrons. The van der Waals surface area contributed by atoms with Crippen LogP contribution in [0.1, 0.15) is 23.6 Å². The molecular weight excluding hydrogens is 668 g/mol. The van der Waals surface area contributed by atoms with Crippen LogP contribution in [0.25, 0.3) is 16.6 Å². The first-order valence-electron chi connectivity index (χ1n) is 13.2. The van der Waals surface area contributed by atoms with E-state index in [0.717, 1.165) is 4.57 Å². The fourth-order valence-corrected chi connectivity index (χ4v) is 5.40. The number of hydrogen-bond donors (Lipinski definition) is 3. The number of halogens is 2. The van der Waals surface area contributed by atoms with Crippen molar-refractivity contribution in [3.8, 4) is 5.69 Å². The van der Waals surface area contributed by atoms with Crippen molar-refractivity contribution < 1.29 is 14.3 Å². The first-order valence-corrected chi connectivity index (χ1v) is 14.3. The molecule has 3 N–H and O–H groups in total. The average molecular weight is 695 g/mol. The van der Waals surface area contributed by atoms with Crippen LogP contribution in [0, 0.1) is 16.3 Å². The number of aryl methyl sites for hydroxylation is 1. The van der Waals surface area contributed by atoms with E-state index in [-0.39, 0.29) is 47.0 Å². The number of carbonyl (C=O) groups is 1. The lowest BCUT2D eigenvalue weighted by atomic mass is 10.1. The molecule has 220 valence electrons. The maximum absolute atomic E-state index is 15.0. The maximum Gasteiger partial charge on any atom is 0.336 e. The van der Waals surface area contributed by atoms with E-state index < -0.39 is 22.6 Å². The maximum atomic E-state index is 15.0. The number of nitrogens with zero attached hydrogens (tertiary/aromatic N) is 3. The Morgan fingerprint density at radius 3 is 2.33 bits per heavy atom. The van der Waals surface area contributed by atoms with Crippen LogP contribution in [0.5, 0.6) is 0 Å². The predicted molar refractivity (Wildman–Crippen MR) is 172 cm³/mol. The van der Waals surface area contributed by atoms with Gasteiger partial charge in [-0.2, -0.15) is 0 Å². The van der Waals surface area contributed by atoms with Gasteiger partial charge in [-0.3, -0.25) is 28.1 Å². The second-order valence-electron chi connectivity index (χ2n) is 10.0.